The summed E-state index contributed by atoms with van der Waals surface area (Å²) in [6.07, 6.45) is 7.31. The Morgan fingerprint density at radius 3 is 2.53 bits per heavy atom. The minimum Gasteiger partial charge on any atom is -0.497 e. The number of ether oxygens (including phenoxy) is 3. The molecule has 0 aliphatic carbocycles. The first kappa shape index (κ1) is 29.7. The molecule has 1 atom stereocenters. The van der Waals surface area contributed by atoms with Crippen molar-refractivity contribution < 1.29 is 19.0 Å². The average molecular weight is 596 g/mol. The first-order valence-electron chi connectivity index (χ1n) is 14.0. The number of hydrogen-bond donors (Lipinski definition) is 0. The summed E-state index contributed by atoms with van der Waals surface area (Å²) in [4.78, 5) is 35.4. The second kappa shape index (κ2) is 12.6. The second-order valence-corrected chi connectivity index (χ2v) is 10.9. The fourth-order valence-electron chi connectivity index (χ4n) is 5.42. The summed E-state index contributed by atoms with van der Waals surface area (Å²) < 4.78 is 19.2. The molecule has 0 fully saturated rings. The predicted octanol–water partition coefficient (Wildman–Crippen LogP) is 4.29. The highest BCUT2D eigenvalue weighted by molar-refractivity contribution is 7.07. The summed E-state index contributed by atoms with van der Waals surface area (Å²) in [5, 5.41) is 1.92. The molecule has 1 aliphatic rings. The predicted molar refractivity (Wildman–Crippen MR) is 170 cm³/mol. The molecule has 2 heterocycles. The zero-order valence-corrected chi connectivity index (χ0v) is 25.7. The van der Waals surface area contributed by atoms with Gasteiger partial charge in [-0.15, -0.1) is 6.42 Å². The van der Waals surface area contributed by atoms with Gasteiger partial charge in [-0.2, -0.15) is 0 Å². The van der Waals surface area contributed by atoms with Crippen molar-refractivity contribution in [3.8, 4) is 29.6 Å². The van der Waals surface area contributed by atoms with Crippen LogP contribution in [0.5, 0.6) is 17.2 Å². The maximum atomic E-state index is 14.4. The topological polar surface area (TPSA) is 82.4 Å². The molecule has 220 valence electrons. The van der Waals surface area contributed by atoms with E-state index in [9.17, 15) is 9.59 Å². The van der Waals surface area contributed by atoms with Crippen LogP contribution >= 0.6 is 11.3 Å². The van der Waals surface area contributed by atoms with E-state index >= 15 is 0 Å². The molecule has 0 N–H and O–H groups in total. The Morgan fingerprint density at radius 1 is 1.09 bits per heavy atom. The fraction of sp³-hybridized carbons (Fsp3) is 0.265. The van der Waals surface area contributed by atoms with Crippen LogP contribution in [-0.2, 0) is 4.79 Å². The molecule has 0 spiro atoms. The van der Waals surface area contributed by atoms with Gasteiger partial charge in [-0.3, -0.25) is 14.2 Å². The van der Waals surface area contributed by atoms with Crippen LogP contribution in [0.3, 0.4) is 0 Å². The van der Waals surface area contributed by atoms with Crippen LogP contribution in [0, 0.1) is 12.3 Å². The van der Waals surface area contributed by atoms with E-state index in [-0.39, 0.29) is 18.1 Å². The zero-order chi connectivity index (χ0) is 30.7. The second-order valence-electron chi connectivity index (χ2n) is 9.86. The molecule has 1 aromatic heterocycles. The van der Waals surface area contributed by atoms with E-state index in [2.05, 4.69) is 5.92 Å². The maximum Gasteiger partial charge on any atom is 0.271 e. The summed E-state index contributed by atoms with van der Waals surface area (Å²) in [6, 6.07) is 16.3. The van der Waals surface area contributed by atoms with Crippen LogP contribution in [-0.4, -0.2) is 49.3 Å². The minimum absolute atomic E-state index is 0.0894. The number of aromatic nitrogens is 1. The normalized spacial score (nSPS) is 14.6. The third kappa shape index (κ3) is 5.42. The van der Waals surface area contributed by atoms with Crippen molar-refractivity contribution in [3.63, 3.8) is 0 Å². The minimum atomic E-state index is -0.791. The van der Waals surface area contributed by atoms with Gasteiger partial charge in [-0.05, 0) is 61.9 Å². The first-order valence-corrected chi connectivity index (χ1v) is 14.8. The van der Waals surface area contributed by atoms with Crippen LogP contribution in [0.25, 0.3) is 16.8 Å². The van der Waals surface area contributed by atoms with E-state index in [1.54, 1.807) is 35.8 Å². The maximum absolute atomic E-state index is 14.4. The molecule has 0 bridgehead atoms. The Bertz CT molecular complexity index is 1960. The fourth-order valence-corrected chi connectivity index (χ4v) is 6.45. The van der Waals surface area contributed by atoms with Crippen molar-refractivity contribution >= 4 is 34.1 Å². The van der Waals surface area contributed by atoms with Crippen LogP contribution in [0.4, 0.5) is 0 Å². The van der Waals surface area contributed by atoms with Gasteiger partial charge < -0.3 is 19.1 Å². The molecular formula is C34H33N3O5S. The zero-order valence-electron chi connectivity index (χ0n) is 24.8. The largest absolute Gasteiger partial charge is 0.497 e. The van der Waals surface area contributed by atoms with Crippen LogP contribution < -0.4 is 29.1 Å². The van der Waals surface area contributed by atoms with Crippen molar-refractivity contribution in [1.29, 1.82) is 0 Å². The van der Waals surface area contributed by atoms with Crippen molar-refractivity contribution in [3.05, 3.63) is 96.7 Å². The summed E-state index contributed by atoms with van der Waals surface area (Å²) in [7, 11) is 3.14. The van der Waals surface area contributed by atoms with E-state index in [4.69, 9.17) is 25.6 Å². The Morgan fingerprint density at radius 2 is 1.84 bits per heavy atom. The lowest BCUT2D eigenvalue weighted by Gasteiger charge is -2.30. The van der Waals surface area contributed by atoms with Crippen LogP contribution in [0.1, 0.15) is 37.9 Å². The molecule has 5 rings (SSSR count). The van der Waals surface area contributed by atoms with E-state index in [1.165, 1.54) is 11.3 Å². The van der Waals surface area contributed by atoms with Crippen molar-refractivity contribution in [2.45, 2.75) is 26.8 Å². The summed E-state index contributed by atoms with van der Waals surface area (Å²) in [6.45, 7) is 6.78. The van der Waals surface area contributed by atoms with Gasteiger partial charge in [0.25, 0.3) is 11.5 Å². The molecular weight excluding hydrogens is 562 g/mol. The van der Waals surface area contributed by atoms with Gasteiger partial charge >= 0.3 is 0 Å². The Kier molecular flexibility index (Phi) is 8.69. The van der Waals surface area contributed by atoms with Gasteiger partial charge in [0.05, 0.1) is 30.0 Å². The third-order valence-corrected chi connectivity index (χ3v) is 8.53. The van der Waals surface area contributed by atoms with Gasteiger partial charge in [-0.1, -0.05) is 47.6 Å². The number of terminal acetylenes is 1. The summed E-state index contributed by atoms with van der Waals surface area (Å²) in [5.74, 6) is 4.00. The lowest BCUT2D eigenvalue weighted by atomic mass is 9.93. The number of carbonyl (C=O) groups excluding carboxylic acids is 1. The Labute approximate surface area is 254 Å². The number of amides is 1. The lowest BCUT2D eigenvalue weighted by Crippen LogP contribution is -2.43. The van der Waals surface area contributed by atoms with Crippen LogP contribution in [0.2, 0.25) is 0 Å². The van der Waals surface area contributed by atoms with E-state index < -0.39 is 6.04 Å². The molecule has 3 aromatic carbocycles. The molecule has 0 saturated heterocycles. The third-order valence-electron chi connectivity index (χ3n) is 7.55. The average Bonchev–Trinajstić information content (AvgIpc) is 3.33. The summed E-state index contributed by atoms with van der Waals surface area (Å²) >= 11 is 1.26. The van der Waals surface area contributed by atoms with Gasteiger partial charge in [0.1, 0.15) is 29.9 Å². The standard InChI is InChI=1S/C34H33N3O5S/c1-7-18-42-28-16-14-22-12-10-11-13-24(22)25(28)20-29-32(38)37-31(26-19-23(40-5)15-17-27(26)41-6)30(21(4)35-34(37)43-29)33(39)36(8-2)9-3/h1,10-17,19-20,31H,8-9,18H2,2-6H3/b29-20+/t31-/m0/s1. The number of likely N-dealkylation sites (N-methyl/N-ethyl adjacent to an activating group) is 1. The van der Waals surface area contributed by atoms with Crippen LogP contribution in [0.15, 0.2) is 75.7 Å². The molecule has 4 aromatic rings. The number of nitrogens with zero attached hydrogens (tertiary/aromatic N) is 3. The van der Waals surface area contributed by atoms with Gasteiger partial charge in [0, 0.05) is 24.2 Å². The number of allylic oxidation sites excluding steroid dienone is 1. The highest BCUT2D eigenvalue weighted by Gasteiger charge is 2.36. The van der Waals surface area contributed by atoms with E-state index in [0.717, 1.165) is 16.3 Å². The van der Waals surface area contributed by atoms with E-state index in [0.29, 0.717) is 56.5 Å². The molecule has 1 amide bonds. The monoisotopic (exact) mass is 595 g/mol. The first-order chi connectivity index (χ1) is 20.9. The molecule has 1 aliphatic heterocycles. The molecule has 0 saturated carbocycles. The number of benzene rings is 3. The van der Waals surface area contributed by atoms with Crippen molar-refractivity contribution in [2.75, 3.05) is 33.9 Å². The molecule has 8 nitrogen and oxygen atoms in total. The quantitative estimate of drug-likeness (QED) is 0.270. The Balaban J connectivity index is 1.82. The summed E-state index contributed by atoms with van der Waals surface area (Å²) in [5.41, 5.74) is 2.04. The Hall–Kier alpha value is -4.81. The number of thiazole rings is 1. The smallest absolute Gasteiger partial charge is 0.271 e. The highest BCUT2D eigenvalue weighted by atomic mass is 32.1. The molecule has 43 heavy (non-hydrogen) atoms. The van der Waals surface area contributed by atoms with Gasteiger partial charge in [-0.25, -0.2) is 4.99 Å². The number of hydrogen-bond acceptors (Lipinski definition) is 7. The van der Waals surface area contributed by atoms with Gasteiger partial charge in [0.15, 0.2) is 4.80 Å². The van der Waals surface area contributed by atoms with Gasteiger partial charge in [0.2, 0.25) is 0 Å². The number of fused-ring (bicyclic) bond motifs is 2. The molecule has 9 heteroatoms. The molecule has 0 radical (unpaired) electrons. The number of rotatable bonds is 9. The molecule has 0 unspecified atom stereocenters. The van der Waals surface area contributed by atoms with Crippen molar-refractivity contribution in [1.82, 2.24) is 9.47 Å². The number of carbonyl (C=O) groups is 1. The SMILES string of the molecule is C#CCOc1ccc2ccccc2c1/C=c1/sc2n(c1=O)[C@@H](c1cc(OC)ccc1OC)C(C(=O)N(CC)CC)=C(C)N=2. The van der Waals surface area contributed by atoms with Crippen molar-refractivity contribution in [2.24, 2.45) is 4.99 Å². The lowest BCUT2D eigenvalue weighted by molar-refractivity contribution is -0.127. The van der Waals surface area contributed by atoms with E-state index in [1.807, 2.05) is 69.3 Å². The highest BCUT2D eigenvalue weighted by Crippen LogP contribution is 2.38. The number of methoxy groups -OCH3 is 2.